The molecule has 0 bridgehead atoms. The number of nitrogens with one attached hydrogen (secondary N) is 1. The van der Waals surface area contributed by atoms with Crippen LogP contribution < -0.4 is 5.32 Å². The predicted octanol–water partition coefficient (Wildman–Crippen LogP) is 4.29. The maximum atomic E-state index is 13.8. The Labute approximate surface area is 127 Å². The average Bonchev–Trinajstić information content (AvgIpc) is 2.74. The number of halogens is 2. The van der Waals surface area contributed by atoms with Gasteiger partial charge >= 0.3 is 0 Å². The molecule has 0 aliphatic rings. The SMILES string of the molecule is CCc1nn(CC)c(CNc2c(C)cccc2F)c1Br. The number of aryl methyl sites for hydroxylation is 3. The van der Waals surface area contributed by atoms with Crippen molar-refractivity contribution in [3.05, 3.63) is 45.4 Å². The molecule has 0 unspecified atom stereocenters. The Bertz CT molecular complexity index is 587. The molecule has 108 valence electrons. The molecule has 0 saturated heterocycles. The highest BCUT2D eigenvalue weighted by molar-refractivity contribution is 9.10. The first-order valence-corrected chi connectivity index (χ1v) is 7.60. The van der Waals surface area contributed by atoms with Crippen LogP contribution in [0.5, 0.6) is 0 Å². The lowest BCUT2D eigenvalue weighted by Gasteiger charge is -2.12. The minimum atomic E-state index is -0.223. The Hall–Kier alpha value is -1.36. The number of aromatic nitrogens is 2. The average molecular weight is 340 g/mol. The highest BCUT2D eigenvalue weighted by Gasteiger charge is 2.14. The lowest BCUT2D eigenvalue weighted by molar-refractivity contribution is 0.613. The highest BCUT2D eigenvalue weighted by atomic mass is 79.9. The first-order chi connectivity index (χ1) is 9.58. The van der Waals surface area contributed by atoms with Gasteiger partial charge in [0.15, 0.2) is 0 Å². The van der Waals surface area contributed by atoms with E-state index in [0.29, 0.717) is 12.2 Å². The molecule has 1 aromatic heterocycles. The van der Waals surface area contributed by atoms with Crippen molar-refractivity contribution in [1.82, 2.24) is 9.78 Å². The molecule has 1 heterocycles. The Kier molecular flexibility index (Phi) is 4.81. The van der Waals surface area contributed by atoms with E-state index in [2.05, 4.69) is 40.2 Å². The van der Waals surface area contributed by atoms with Crippen molar-refractivity contribution < 1.29 is 4.39 Å². The molecule has 2 aromatic rings. The summed E-state index contributed by atoms with van der Waals surface area (Å²) in [7, 11) is 0. The van der Waals surface area contributed by atoms with Gasteiger partial charge in [-0.2, -0.15) is 5.10 Å². The third-order valence-electron chi connectivity index (χ3n) is 3.35. The fourth-order valence-corrected chi connectivity index (χ4v) is 2.92. The van der Waals surface area contributed by atoms with Gasteiger partial charge in [-0.3, -0.25) is 4.68 Å². The van der Waals surface area contributed by atoms with Crippen LogP contribution in [0.2, 0.25) is 0 Å². The molecule has 0 aliphatic heterocycles. The second-order valence-corrected chi connectivity index (χ2v) is 5.45. The standard InChI is InChI=1S/C15H19BrFN3/c1-4-12-14(16)13(20(5-2)19-12)9-18-15-10(3)7-6-8-11(15)17/h6-8,18H,4-5,9H2,1-3H3. The molecule has 0 spiro atoms. The van der Waals surface area contributed by atoms with Gasteiger partial charge in [-0.15, -0.1) is 0 Å². The maximum Gasteiger partial charge on any atom is 0.146 e. The van der Waals surface area contributed by atoms with Crippen LogP contribution in [0.3, 0.4) is 0 Å². The molecule has 0 fully saturated rings. The van der Waals surface area contributed by atoms with Crippen molar-refractivity contribution in [3.63, 3.8) is 0 Å². The summed E-state index contributed by atoms with van der Waals surface area (Å²) in [6.45, 7) is 7.37. The summed E-state index contributed by atoms with van der Waals surface area (Å²) in [6, 6.07) is 5.09. The van der Waals surface area contributed by atoms with Gasteiger partial charge in [0.2, 0.25) is 0 Å². The van der Waals surface area contributed by atoms with E-state index in [9.17, 15) is 4.39 Å². The largest absolute Gasteiger partial charge is 0.377 e. The topological polar surface area (TPSA) is 29.9 Å². The summed E-state index contributed by atoms with van der Waals surface area (Å²) < 4.78 is 16.8. The number of benzene rings is 1. The van der Waals surface area contributed by atoms with Crippen LogP contribution in [0, 0.1) is 12.7 Å². The molecular weight excluding hydrogens is 321 g/mol. The molecule has 5 heteroatoms. The summed E-state index contributed by atoms with van der Waals surface area (Å²) >= 11 is 3.60. The molecule has 3 nitrogen and oxygen atoms in total. The fraction of sp³-hybridized carbons (Fsp3) is 0.400. The highest BCUT2D eigenvalue weighted by Crippen LogP contribution is 2.25. The van der Waals surface area contributed by atoms with Crippen molar-refractivity contribution in [2.75, 3.05) is 5.32 Å². The van der Waals surface area contributed by atoms with E-state index in [1.165, 1.54) is 6.07 Å². The monoisotopic (exact) mass is 339 g/mol. The first kappa shape index (κ1) is 15.0. The number of hydrogen-bond acceptors (Lipinski definition) is 2. The van der Waals surface area contributed by atoms with Crippen molar-refractivity contribution in [1.29, 1.82) is 0 Å². The summed E-state index contributed by atoms with van der Waals surface area (Å²) in [5.74, 6) is -0.223. The molecular formula is C15H19BrFN3. The van der Waals surface area contributed by atoms with Crippen LogP contribution >= 0.6 is 15.9 Å². The van der Waals surface area contributed by atoms with Crippen molar-refractivity contribution in [3.8, 4) is 0 Å². The fourth-order valence-electron chi connectivity index (χ4n) is 2.21. The normalized spacial score (nSPS) is 10.8. The van der Waals surface area contributed by atoms with E-state index < -0.39 is 0 Å². The Morgan fingerprint density at radius 1 is 1.35 bits per heavy atom. The number of anilines is 1. The second-order valence-electron chi connectivity index (χ2n) is 4.66. The number of nitrogens with zero attached hydrogens (tertiary/aromatic N) is 2. The van der Waals surface area contributed by atoms with E-state index >= 15 is 0 Å². The van der Waals surface area contributed by atoms with Crippen molar-refractivity contribution >= 4 is 21.6 Å². The Morgan fingerprint density at radius 2 is 2.10 bits per heavy atom. The third kappa shape index (κ3) is 2.87. The Morgan fingerprint density at radius 3 is 2.70 bits per heavy atom. The van der Waals surface area contributed by atoms with Crippen LogP contribution in [-0.2, 0) is 19.5 Å². The second kappa shape index (κ2) is 6.39. The van der Waals surface area contributed by atoms with Crippen LogP contribution in [0.4, 0.5) is 10.1 Å². The van der Waals surface area contributed by atoms with Crippen LogP contribution in [0.1, 0.15) is 30.8 Å². The predicted molar refractivity (Wildman–Crippen MR) is 83.4 cm³/mol. The molecule has 20 heavy (non-hydrogen) atoms. The molecule has 0 aliphatic carbocycles. The summed E-state index contributed by atoms with van der Waals surface area (Å²) in [5.41, 5.74) is 3.54. The van der Waals surface area contributed by atoms with E-state index in [0.717, 1.165) is 34.4 Å². The van der Waals surface area contributed by atoms with Gasteiger partial charge in [0.05, 0.1) is 28.1 Å². The Balaban J connectivity index is 2.25. The van der Waals surface area contributed by atoms with Gasteiger partial charge in [0.1, 0.15) is 5.82 Å². The van der Waals surface area contributed by atoms with E-state index in [1.807, 2.05) is 17.7 Å². The third-order valence-corrected chi connectivity index (χ3v) is 4.26. The molecule has 0 saturated carbocycles. The first-order valence-electron chi connectivity index (χ1n) is 6.81. The number of rotatable bonds is 5. The van der Waals surface area contributed by atoms with Crippen LogP contribution in [0.15, 0.2) is 22.7 Å². The lowest BCUT2D eigenvalue weighted by atomic mass is 10.2. The molecule has 0 atom stereocenters. The zero-order valence-corrected chi connectivity index (χ0v) is 13.6. The van der Waals surface area contributed by atoms with Gasteiger partial charge in [0.25, 0.3) is 0 Å². The molecule has 0 amide bonds. The number of para-hydroxylation sites is 1. The zero-order chi connectivity index (χ0) is 14.7. The van der Waals surface area contributed by atoms with Crippen LogP contribution in [-0.4, -0.2) is 9.78 Å². The zero-order valence-electron chi connectivity index (χ0n) is 12.0. The lowest BCUT2D eigenvalue weighted by Crippen LogP contribution is -2.10. The molecule has 0 radical (unpaired) electrons. The van der Waals surface area contributed by atoms with Gasteiger partial charge in [-0.05, 0) is 47.8 Å². The molecule has 2 rings (SSSR count). The summed E-state index contributed by atoms with van der Waals surface area (Å²) in [6.07, 6.45) is 0.874. The molecule has 1 N–H and O–H groups in total. The van der Waals surface area contributed by atoms with E-state index in [-0.39, 0.29) is 5.82 Å². The van der Waals surface area contributed by atoms with Gasteiger partial charge in [-0.25, -0.2) is 4.39 Å². The number of hydrogen-bond donors (Lipinski definition) is 1. The quantitative estimate of drug-likeness (QED) is 0.880. The van der Waals surface area contributed by atoms with Crippen LogP contribution in [0.25, 0.3) is 0 Å². The minimum Gasteiger partial charge on any atom is -0.377 e. The van der Waals surface area contributed by atoms with E-state index in [4.69, 9.17) is 0 Å². The smallest absolute Gasteiger partial charge is 0.146 e. The molecule has 1 aromatic carbocycles. The van der Waals surface area contributed by atoms with E-state index in [1.54, 1.807) is 6.07 Å². The van der Waals surface area contributed by atoms with Gasteiger partial charge < -0.3 is 5.32 Å². The van der Waals surface area contributed by atoms with Crippen molar-refractivity contribution in [2.24, 2.45) is 0 Å². The minimum absolute atomic E-state index is 0.223. The van der Waals surface area contributed by atoms with Gasteiger partial charge in [-0.1, -0.05) is 19.1 Å². The van der Waals surface area contributed by atoms with Crippen molar-refractivity contribution in [2.45, 2.75) is 40.3 Å². The summed E-state index contributed by atoms with van der Waals surface area (Å²) in [4.78, 5) is 0. The maximum absolute atomic E-state index is 13.8. The summed E-state index contributed by atoms with van der Waals surface area (Å²) in [5, 5.41) is 7.72. The van der Waals surface area contributed by atoms with Gasteiger partial charge in [0, 0.05) is 6.54 Å².